The number of rotatable bonds is 4. The van der Waals surface area contributed by atoms with E-state index < -0.39 is 0 Å². The van der Waals surface area contributed by atoms with Crippen molar-refractivity contribution in [2.75, 3.05) is 31.1 Å². The number of aromatic nitrogens is 2. The highest BCUT2D eigenvalue weighted by molar-refractivity contribution is 5.58. The molecule has 0 spiro atoms. The summed E-state index contributed by atoms with van der Waals surface area (Å²) >= 11 is 0. The highest BCUT2D eigenvalue weighted by Crippen LogP contribution is 2.22. The quantitative estimate of drug-likeness (QED) is 0.942. The Balaban J connectivity index is 1.96. The number of anilines is 1. The fraction of sp³-hybridized carbons (Fsp3) is 0.444. The van der Waals surface area contributed by atoms with Gasteiger partial charge in [0, 0.05) is 37.0 Å². The molecule has 1 N–H and O–H groups in total. The van der Waals surface area contributed by atoms with Crippen molar-refractivity contribution in [3.8, 4) is 11.4 Å². The summed E-state index contributed by atoms with van der Waals surface area (Å²) in [5, 5.41) is 3.41. The maximum absolute atomic E-state index is 13.2. The van der Waals surface area contributed by atoms with Crippen molar-refractivity contribution < 1.29 is 4.39 Å². The Bertz CT molecular complexity index is 634. The highest BCUT2D eigenvalue weighted by atomic mass is 19.1. The monoisotopic (exact) mass is 314 g/mol. The number of nitrogens with one attached hydrogen (secondary N) is 1. The second kappa shape index (κ2) is 7.51. The molecule has 2 aromatic rings. The van der Waals surface area contributed by atoms with E-state index in [0.717, 1.165) is 62.5 Å². The molecule has 1 aromatic carbocycles. The standard InChI is InChI=1S/C18H23FN4/c1-2-4-16-13-17(23-11-3-9-20-10-12-23)22-18(21-16)14-5-7-15(19)8-6-14/h5-8,13,20H,2-4,9-12H2,1H3. The highest BCUT2D eigenvalue weighted by Gasteiger charge is 2.14. The number of halogens is 1. The second-order valence-corrected chi connectivity index (χ2v) is 5.89. The van der Waals surface area contributed by atoms with Gasteiger partial charge in [0.15, 0.2) is 5.82 Å². The van der Waals surface area contributed by atoms with Gasteiger partial charge in [-0.25, -0.2) is 14.4 Å². The van der Waals surface area contributed by atoms with E-state index in [4.69, 9.17) is 4.98 Å². The second-order valence-electron chi connectivity index (χ2n) is 5.89. The lowest BCUT2D eigenvalue weighted by atomic mass is 10.2. The molecular weight excluding hydrogens is 291 g/mol. The Kier molecular flexibility index (Phi) is 5.18. The zero-order valence-electron chi connectivity index (χ0n) is 13.6. The predicted molar refractivity (Wildman–Crippen MR) is 91.1 cm³/mol. The van der Waals surface area contributed by atoms with Crippen molar-refractivity contribution >= 4 is 5.82 Å². The summed E-state index contributed by atoms with van der Waals surface area (Å²) < 4.78 is 13.2. The maximum atomic E-state index is 13.2. The van der Waals surface area contributed by atoms with Crippen LogP contribution in [0.15, 0.2) is 30.3 Å². The first-order valence-corrected chi connectivity index (χ1v) is 8.36. The Hall–Kier alpha value is -2.01. The molecule has 1 saturated heterocycles. The van der Waals surface area contributed by atoms with Crippen molar-refractivity contribution in [3.63, 3.8) is 0 Å². The van der Waals surface area contributed by atoms with Gasteiger partial charge in [-0.1, -0.05) is 13.3 Å². The number of nitrogens with zero attached hydrogens (tertiary/aromatic N) is 3. The van der Waals surface area contributed by atoms with Gasteiger partial charge >= 0.3 is 0 Å². The molecule has 1 aliphatic heterocycles. The summed E-state index contributed by atoms with van der Waals surface area (Å²) in [6, 6.07) is 8.51. The molecule has 1 fully saturated rings. The lowest BCUT2D eigenvalue weighted by molar-refractivity contribution is 0.628. The van der Waals surface area contributed by atoms with Gasteiger partial charge in [0.05, 0.1) is 0 Å². The first kappa shape index (κ1) is 15.9. The third-order valence-electron chi connectivity index (χ3n) is 4.04. The molecule has 2 heterocycles. The summed E-state index contributed by atoms with van der Waals surface area (Å²) in [4.78, 5) is 11.7. The Morgan fingerprint density at radius 1 is 1.13 bits per heavy atom. The van der Waals surface area contributed by atoms with E-state index in [1.54, 1.807) is 12.1 Å². The van der Waals surface area contributed by atoms with Crippen molar-refractivity contribution in [2.24, 2.45) is 0 Å². The Morgan fingerprint density at radius 2 is 1.96 bits per heavy atom. The fourth-order valence-corrected chi connectivity index (χ4v) is 2.83. The van der Waals surface area contributed by atoms with E-state index in [1.807, 2.05) is 0 Å². The molecule has 1 aromatic heterocycles. The van der Waals surface area contributed by atoms with Gasteiger partial charge in [-0.3, -0.25) is 0 Å². The van der Waals surface area contributed by atoms with E-state index in [1.165, 1.54) is 12.1 Å². The smallest absolute Gasteiger partial charge is 0.161 e. The first-order valence-electron chi connectivity index (χ1n) is 8.36. The third-order valence-corrected chi connectivity index (χ3v) is 4.04. The molecule has 4 nitrogen and oxygen atoms in total. The van der Waals surface area contributed by atoms with Crippen LogP contribution in [0.2, 0.25) is 0 Å². The minimum absolute atomic E-state index is 0.239. The molecule has 0 aliphatic carbocycles. The van der Waals surface area contributed by atoms with Gasteiger partial charge in [0.2, 0.25) is 0 Å². The molecule has 0 amide bonds. The van der Waals surface area contributed by atoms with E-state index in [2.05, 4.69) is 28.2 Å². The van der Waals surface area contributed by atoms with Crippen molar-refractivity contribution in [2.45, 2.75) is 26.2 Å². The molecule has 0 bridgehead atoms. The lowest BCUT2D eigenvalue weighted by Crippen LogP contribution is -2.29. The number of benzene rings is 1. The van der Waals surface area contributed by atoms with Crippen LogP contribution >= 0.6 is 0 Å². The van der Waals surface area contributed by atoms with E-state index in [0.29, 0.717) is 5.82 Å². The fourth-order valence-electron chi connectivity index (χ4n) is 2.83. The van der Waals surface area contributed by atoms with Gasteiger partial charge < -0.3 is 10.2 Å². The summed E-state index contributed by atoms with van der Waals surface area (Å²) in [5.41, 5.74) is 1.91. The average Bonchev–Trinajstić information content (AvgIpc) is 2.85. The van der Waals surface area contributed by atoms with Crippen LogP contribution in [-0.4, -0.2) is 36.1 Å². The molecule has 0 radical (unpaired) electrons. The van der Waals surface area contributed by atoms with Crippen LogP contribution in [0.3, 0.4) is 0 Å². The largest absolute Gasteiger partial charge is 0.355 e. The maximum Gasteiger partial charge on any atom is 0.161 e. The molecule has 0 atom stereocenters. The van der Waals surface area contributed by atoms with E-state index >= 15 is 0 Å². The average molecular weight is 314 g/mol. The number of hydrogen-bond acceptors (Lipinski definition) is 4. The predicted octanol–water partition coefficient (Wildman–Crippen LogP) is 3.03. The zero-order valence-corrected chi connectivity index (χ0v) is 13.6. The third kappa shape index (κ3) is 4.05. The van der Waals surface area contributed by atoms with Crippen LogP contribution < -0.4 is 10.2 Å². The van der Waals surface area contributed by atoms with Crippen LogP contribution in [-0.2, 0) is 6.42 Å². The molecule has 122 valence electrons. The van der Waals surface area contributed by atoms with Crippen LogP contribution in [0.5, 0.6) is 0 Å². The molecule has 1 aliphatic rings. The molecule has 5 heteroatoms. The van der Waals surface area contributed by atoms with Crippen LogP contribution in [0.25, 0.3) is 11.4 Å². The van der Waals surface area contributed by atoms with Gasteiger partial charge in [-0.15, -0.1) is 0 Å². The van der Waals surface area contributed by atoms with Crippen molar-refractivity contribution in [1.29, 1.82) is 0 Å². The SMILES string of the molecule is CCCc1cc(N2CCCNCC2)nc(-c2ccc(F)cc2)n1. The van der Waals surface area contributed by atoms with Gasteiger partial charge in [0.1, 0.15) is 11.6 Å². The van der Waals surface area contributed by atoms with Crippen LogP contribution in [0.1, 0.15) is 25.5 Å². The Labute approximate surface area is 136 Å². The molecule has 3 rings (SSSR count). The van der Waals surface area contributed by atoms with Crippen LogP contribution in [0.4, 0.5) is 10.2 Å². The van der Waals surface area contributed by atoms with Crippen molar-refractivity contribution in [3.05, 3.63) is 41.8 Å². The number of aryl methyl sites for hydroxylation is 1. The van der Waals surface area contributed by atoms with E-state index in [-0.39, 0.29) is 5.82 Å². The summed E-state index contributed by atoms with van der Waals surface area (Å²) in [7, 11) is 0. The van der Waals surface area contributed by atoms with Crippen LogP contribution in [0, 0.1) is 5.82 Å². The minimum atomic E-state index is -0.239. The van der Waals surface area contributed by atoms with Gasteiger partial charge in [-0.2, -0.15) is 0 Å². The topological polar surface area (TPSA) is 41.0 Å². The zero-order chi connectivity index (χ0) is 16.1. The molecular formula is C18H23FN4. The molecule has 23 heavy (non-hydrogen) atoms. The van der Waals surface area contributed by atoms with Gasteiger partial charge in [-0.05, 0) is 43.7 Å². The summed E-state index contributed by atoms with van der Waals surface area (Å²) in [6.45, 7) is 6.12. The summed E-state index contributed by atoms with van der Waals surface area (Å²) in [5.74, 6) is 1.42. The van der Waals surface area contributed by atoms with Gasteiger partial charge in [0.25, 0.3) is 0 Å². The lowest BCUT2D eigenvalue weighted by Gasteiger charge is -2.22. The van der Waals surface area contributed by atoms with E-state index in [9.17, 15) is 4.39 Å². The van der Waals surface area contributed by atoms with Crippen molar-refractivity contribution in [1.82, 2.24) is 15.3 Å². The molecule has 0 saturated carbocycles. The summed E-state index contributed by atoms with van der Waals surface area (Å²) in [6.07, 6.45) is 3.08. The first-order chi connectivity index (χ1) is 11.3. The molecule has 0 unspecified atom stereocenters. The number of hydrogen-bond donors (Lipinski definition) is 1. The minimum Gasteiger partial charge on any atom is -0.355 e. The normalized spacial score (nSPS) is 15.5. The Morgan fingerprint density at radius 3 is 2.74 bits per heavy atom.